The summed E-state index contributed by atoms with van der Waals surface area (Å²) >= 11 is 0. The van der Waals surface area contributed by atoms with E-state index in [0.717, 1.165) is 16.8 Å². The first-order valence-corrected chi connectivity index (χ1v) is 5.52. The Kier molecular flexibility index (Phi) is 3.46. The third-order valence-corrected chi connectivity index (χ3v) is 2.37. The fourth-order valence-electron chi connectivity index (χ4n) is 1.66. The summed E-state index contributed by atoms with van der Waals surface area (Å²) in [6.07, 6.45) is 0. The van der Waals surface area contributed by atoms with Gasteiger partial charge in [0.15, 0.2) is 0 Å². The van der Waals surface area contributed by atoms with Crippen molar-refractivity contribution in [3.05, 3.63) is 71.8 Å². The van der Waals surface area contributed by atoms with E-state index in [1.54, 1.807) is 6.92 Å². The monoisotopic (exact) mass is 222 g/mol. The second-order valence-corrected chi connectivity index (χ2v) is 3.78. The minimum atomic E-state index is 0.313. The molecule has 0 heterocycles. The van der Waals surface area contributed by atoms with E-state index in [2.05, 4.69) is 4.99 Å². The molecule has 2 aromatic rings. The molecule has 0 radical (unpaired) electrons. The van der Waals surface area contributed by atoms with Crippen molar-refractivity contribution in [1.82, 2.24) is 0 Å². The second-order valence-electron chi connectivity index (χ2n) is 3.78. The first-order chi connectivity index (χ1) is 8.27. The molecular weight excluding hydrogens is 208 g/mol. The molecule has 2 heteroatoms. The molecule has 0 aliphatic heterocycles. The van der Waals surface area contributed by atoms with E-state index >= 15 is 0 Å². The highest BCUT2D eigenvalue weighted by Gasteiger charge is 2.05. The third-order valence-electron chi connectivity index (χ3n) is 2.37. The average Bonchev–Trinajstić information content (AvgIpc) is 2.38. The Morgan fingerprint density at radius 1 is 0.824 bits per heavy atom. The lowest BCUT2D eigenvalue weighted by molar-refractivity contribution is 1.40. The van der Waals surface area contributed by atoms with Gasteiger partial charge in [-0.1, -0.05) is 60.7 Å². The largest absolute Gasteiger partial charge is 0.287 e. The molecule has 0 unspecified atom stereocenters. The lowest BCUT2D eigenvalue weighted by atomic mass is 10.0. The third kappa shape index (κ3) is 2.88. The standard InChI is InChI=1S/C15H14N2/c1-12(16)17-15(13-8-4-2-5-9-13)14-10-6-3-7-11-14/h2-11,16H,1H3. The first kappa shape index (κ1) is 11.3. The van der Waals surface area contributed by atoms with Crippen LogP contribution in [0.4, 0.5) is 0 Å². The number of nitrogens with zero attached hydrogens (tertiary/aromatic N) is 1. The highest BCUT2D eigenvalue weighted by molar-refractivity contribution is 6.16. The summed E-state index contributed by atoms with van der Waals surface area (Å²) in [6.45, 7) is 1.69. The molecule has 0 aromatic heterocycles. The zero-order chi connectivity index (χ0) is 12.1. The second kappa shape index (κ2) is 5.21. The smallest absolute Gasteiger partial charge is 0.118 e. The molecule has 0 spiro atoms. The summed E-state index contributed by atoms with van der Waals surface area (Å²) in [5, 5.41) is 7.54. The van der Waals surface area contributed by atoms with Crippen molar-refractivity contribution in [2.45, 2.75) is 6.92 Å². The van der Waals surface area contributed by atoms with Crippen LogP contribution in [0, 0.1) is 5.41 Å². The highest BCUT2D eigenvalue weighted by atomic mass is 14.8. The van der Waals surface area contributed by atoms with E-state index in [-0.39, 0.29) is 0 Å². The van der Waals surface area contributed by atoms with Gasteiger partial charge in [-0.05, 0) is 6.92 Å². The van der Waals surface area contributed by atoms with E-state index < -0.39 is 0 Å². The lowest BCUT2D eigenvalue weighted by Gasteiger charge is -2.06. The van der Waals surface area contributed by atoms with E-state index in [0.29, 0.717) is 5.84 Å². The van der Waals surface area contributed by atoms with Gasteiger partial charge in [0.25, 0.3) is 0 Å². The molecule has 84 valence electrons. The van der Waals surface area contributed by atoms with E-state index in [9.17, 15) is 0 Å². The van der Waals surface area contributed by atoms with Crippen LogP contribution in [0.5, 0.6) is 0 Å². The van der Waals surface area contributed by atoms with Crippen molar-refractivity contribution in [2.24, 2.45) is 4.99 Å². The van der Waals surface area contributed by atoms with E-state index in [1.807, 2.05) is 60.7 Å². The van der Waals surface area contributed by atoms with Crippen molar-refractivity contribution in [1.29, 1.82) is 5.41 Å². The predicted octanol–water partition coefficient (Wildman–Crippen LogP) is 3.52. The number of nitrogens with one attached hydrogen (secondary N) is 1. The fourth-order valence-corrected chi connectivity index (χ4v) is 1.66. The molecule has 0 fully saturated rings. The van der Waals surface area contributed by atoms with Gasteiger partial charge in [-0.3, -0.25) is 5.41 Å². The lowest BCUT2D eigenvalue weighted by Crippen LogP contribution is -2.05. The van der Waals surface area contributed by atoms with Gasteiger partial charge in [0.2, 0.25) is 0 Å². The maximum atomic E-state index is 7.54. The van der Waals surface area contributed by atoms with E-state index in [1.165, 1.54) is 0 Å². The maximum Gasteiger partial charge on any atom is 0.118 e. The van der Waals surface area contributed by atoms with Gasteiger partial charge in [0, 0.05) is 11.1 Å². The number of amidine groups is 1. The van der Waals surface area contributed by atoms with E-state index in [4.69, 9.17) is 5.41 Å². The molecule has 2 nitrogen and oxygen atoms in total. The summed E-state index contributed by atoms with van der Waals surface area (Å²) < 4.78 is 0. The Hall–Kier alpha value is -2.22. The maximum absolute atomic E-state index is 7.54. The number of aliphatic imine (C=N–C) groups is 1. The van der Waals surface area contributed by atoms with Crippen LogP contribution in [0.15, 0.2) is 65.7 Å². The van der Waals surface area contributed by atoms with Gasteiger partial charge in [-0.15, -0.1) is 0 Å². The quantitative estimate of drug-likeness (QED) is 0.596. The SMILES string of the molecule is CC(=N)N=C(c1ccccc1)c1ccccc1. The number of benzene rings is 2. The average molecular weight is 222 g/mol. The first-order valence-electron chi connectivity index (χ1n) is 5.52. The fraction of sp³-hybridized carbons (Fsp3) is 0.0667. The molecule has 0 atom stereocenters. The molecule has 2 rings (SSSR count). The molecule has 17 heavy (non-hydrogen) atoms. The predicted molar refractivity (Wildman–Crippen MR) is 71.9 cm³/mol. The van der Waals surface area contributed by atoms with Crippen LogP contribution < -0.4 is 0 Å². The molecule has 0 saturated carbocycles. The van der Waals surface area contributed by atoms with Crippen LogP contribution in [-0.4, -0.2) is 11.5 Å². The van der Waals surface area contributed by atoms with Gasteiger partial charge in [0.05, 0.1) is 5.71 Å². The van der Waals surface area contributed by atoms with Crippen molar-refractivity contribution < 1.29 is 0 Å². The highest BCUT2D eigenvalue weighted by Crippen LogP contribution is 2.10. The van der Waals surface area contributed by atoms with Crippen LogP contribution in [0.1, 0.15) is 18.1 Å². The van der Waals surface area contributed by atoms with Gasteiger partial charge < -0.3 is 0 Å². The van der Waals surface area contributed by atoms with Gasteiger partial charge >= 0.3 is 0 Å². The Morgan fingerprint density at radius 2 is 1.24 bits per heavy atom. The molecule has 0 aliphatic carbocycles. The topological polar surface area (TPSA) is 36.2 Å². The molecule has 0 aliphatic rings. The normalized spacial score (nSPS) is 9.71. The van der Waals surface area contributed by atoms with Crippen LogP contribution in [-0.2, 0) is 0 Å². The van der Waals surface area contributed by atoms with Crippen molar-refractivity contribution >= 4 is 11.5 Å². The number of rotatable bonds is 2. The molecule has 0 amide bonds. The summed E-state index contributed by atoms with van der Waals surface area (Å²) in [4.78, 5) is 4.32. The van der Waals surface area contributed by atoms with Gasteiger partial charge in [-0.2, -0.15) is 0 Å². The van der Waals surface area contributed by atoms with Crippen molar-refractivity contribution in [3.8, 4) is 0 Å². The Morgan fingerprint density at radius 3 is 1.59 bits per heavy atom. The summed E-state index contributed by atoms with van der Waals surface area (Å²) in [5.41, 5.74) is 2.91. The Bertz CT molecular complexity index is 486. The molecular formula is C15H14N2. The van der Waals surface area contributed by atoms with Crippen LogP contribution in [0.25, 0.3) is 0 Å². The molecule has 0 saturated heterocycles. The molecule has 2 aromatic carbocycles. The van der Waals surface area contributed by atoms with Gasteiger partial charge in [-0.25, -0.2) is 4.99 Å². The molecule has 0 bridgehead atoms. The minimum Gasteiger partial charge on any atom is -0.287 e. The zero-order valence-corrected chi connectivity index (χ0v) is 9.72. The Balaban J connectivity index is 2.51. The number of hydrogen-bond donors (Lipinski definition) is 1. The van der Waals surface area contributed by atoms with Gasteiger partial charge in [0.1, 0.15) is 5.84 Å². The minimum absolute atomic E-state index is 0.313. The van der Waals surface area contributed by atoms with Crippen molar-refractivity contribution in [3.63, 3.8) is 0 Å². The zero-order valence-electron chi connectivity index (χ0n) is 9.72. The number of hydrogen-bond acceptors (Lipinski definition) is 1. The van der Waals surface area contributed by atoms with Crippen LogP contribution >= 0.6 is 0 Å². The summed E-state index contributed by atoms with van der Waals surface area (Å²) in [6, 6.07) is 19.9. The summed E-state index contributed by atoms with van der Waals surface area (Å²) in [7, 11) is 0. The molecule has 1 N–H and O–H groups in total. The summed E-state index contributed by atoms with van der Waals surface area (Å²) in [5.74, 6) is 0.313. The van der Waals surface area contributed by atoms with Crippen LogP contribution in [0.3, 0.4) is 0 Å². The van der Waals surface area contributed by atoms with Crippen LogP contribution in [0.2, 0.25) is 0 Å². The Labute approximate surface area is 101 Å². The van der Waals surface area contributed by atoms with Crippen molar-refractivity contribution in [2.75, 3.05) is 0 Å².